The molecule has 1 saturated heterocycles. The Morgan fingerprint density at radius 2 is 1.81 bits per heavy atom. The third kappa shape index (κ3) is 4.34. The van der Waals surface area contributed by atoms with Crippen LogP contribution in [-0.4, -0.2) is 62.2 Å². The number of phenols is 1. The van der Waals surface area contributed by atoms with Crippen LogP contribution in [0.3, 0.4) is 0 Å². The largest absolute Gasteiger partial charge is 0.507 e. The first-order valence-corrected chi connectivity index (χ1v) is 10.1. The highest BCUT2D eigenvalue weighted by Gasteiger charge is 2.44. The van der Waals surface area contributed by atoms with Gasteiger partial charge in [-0.2, -0.15) is 0 Å². The van der Waals surface area contributed by atoms with E-state index >= 15 is 0 Å². The number of hydrogen-bond acceptors (Lipinski definition) is 9. The van der Waals surface area contributed by atoms with E-state index in [0.717, 1.165) is 16.5 Å². The maximum Gasteiger partial charge on any atom is 0.231 e. The van der Waals surface area contributed by atoms with Gasteiger partial charge in [0.1, 0.15) is 41.0 Å². The summed E-state index contributed by atoms with van der Waals surface area (Å²) >= 11 is 0. The Kier molecular flexibility index (Phi) is 6.18. The van der Waals surface area contributed by atoms with Crippen LogP contribution in [0.4, 0.5) is 0 Å². The van der Waals surface area contributed by atoms with Gasteiger partial charge in [0.15, 0.2) is 12.1 Å². The van der Waals surface area contributed by atoms with Gasteiger partial charge in [0.25, 0.3) is 0 Å². The number of aromatic hydroxyl groups is 1. The van der Waals surface area contributed by atoms with E-state index in [-0.39, 0.29) is 23.5 Å². The van der Waals surface area contributed by atoms with Crippen molar-refractivity contribution in [2.75, 3.05) is 0 Å². The summed E-state index contributed by atoms with van der Waals surface area (Å²) in [5, 5.41) is 50.7. The molecule has 1 aliphatic heterocycles. The molecule has 5 atom stereocenters. The summed E-state index contributed by atoms with van der Waals surface area (Å²) in [7, 11) is 0. The van der Waals surface area contributed by atoms with Crippen LogP contribution in [0.15, 0.2) is 47.1 Å². The van der Waals surface area contributed by atoms with E-state index in [0.29, 0.717) is 12.0 Å². The maximum absolute atomic E-state index is 13.0. The molecule has 9 heteroatoms. The van der Waals surface area contributed by atoms with Crippen LogP contribution >= 0.6 is 0 Å². The van der Waals surface area contributed by atoms with Gasteiger partial charge in [0.05, 0.1) is 6.26 Å². The van der Waals surface area contributed by atoms with Gasteiger partial charge in [0.2, 0.25) is 6.29 Å². The summed E-state index contributed by atoms with van der Waals surface area (Å²) in [5.41, 5.74) is 2.12. The SMILES string of the molecule is Cc1cc(O)c(C(=O)CCc2ccc3occc3c2)c(O[C@@H]2O[C@H](O)[C@@H](O)[C@H](O)[C@H]2O)c1. The fourth-order valence-electron chi connectivity index (χ4n) is 3.72. The van der Waals surface area contributed by atoms with Gasteiger partial charge in [0, 0.05) is 11.8 Å². The van der Waals surface area contributed by atoms with Crippen molar-refractivity contribution in [1.82, 2.24) is 0 Å². The molecule has 5 N–H and O–H groups in total. The lowest BCUT2D eigenvalue weighted by atomic mass is 9.99. The number of fused-ring (bicyclic) bond motifs is 1. The van der Waals surface area contributed by atoms with Crippen LogP contribution in [-0.2, 0) is 11.2 Å². The maximum atomic E-state index is 13.0. The van der Waals surface area contributed by atoms with Crippen LogP contribution in [0.5, 0.6) is 11.5 Å². The Labute approximate surface area is 183 Å². The zero-order valence-electron chi connectivity index (χ0n) is 17.2. The third-order valence-electron chi connectivity index (χ3n) is 5.45. The number of aliphatic hydroxyl groups excluding tert-OH is 4. The number of furan rings is 1. The lowest BCUT2D eigenvalue weighted by molar-refractivity contribution is -0.321. The minimum Gasteiger partial charge on any atom is -0.507 e. The molecule has 1 fully saturated rings. The van der Waals surface area contributed by atoms with Crippen LogP contribution in [0.1, 0.15) is 27.9 Å². The molecule has 2 heterocycles. The van der Waals surface area contributed by atoms with Crippen LogP contribution < -0.4 is 4.74 Å². The zero-order chi connectivity index (χ0) is 23.0. The smallest absolute Gasteiger partial charge is 0.231 e. The summed E-state index contributed by atoms with van der Waals surface area (Å²) in [6.45, 7) is 1.67. The van der Waals surface area contributed by atoms with E-state index in [2.05, 4.69) is 0 Å². The van der Waals surface area contributed by atoms with E-state index in [1.165, 1.54) is 12.1 Å². The number of Topliss-reactive ketones (excluding diaryl/α,β-unsaturated/α-hetero) is 1. The highest BCUT2D eigenvalue weighted by Crippen LogP contribution is 2.34. The van der Waals surface area contributed by atoms with Crippen LogP contribution in [0.2, 0.25) is 0 Å². The summed E-state index contributed by atoms with van der Waals surface area (Å²) in [6, 6.07) is 10.3. The summed E-state index contributed by atoms with van der Waals surface area (Å²) < 4.78 is 15.9. The number of phenolic OH excluding ortho intramolecular Hbond substituents is 1. The number of ether oxygens (including phenoxy) is 2. The molecule has 9 nitrogen and oxygen atoms in total. The first-order valence-electron chi connectivity index (χ1n) is 10.1. The summed E-state index contributed by atoms with van der Waals surface area (Å²) in [4.78, 5) is 13.0. The van der Waals surface area contributed by atoms with Gasteiger partial charge >= 0.3 is 0 Å². The second-order valence-electron chi connectivity index (χ2n) is 7.86. The molecule has 4 rings (SSSR count). The van der Waals surface area contributed by atoms with Crippen molar-refractivity contribution in [2.24, 2.45) is 0 Å². The number of benzene rings is 2. The molecule has 1 aliphatic rings. The molecule has 0 saturated carbocycles. The van der Waals surface area contributed by atoms with Gasteiger partial charge < -0.3 is 39.4 Å². The Bertz CT molecular complexity index is 1120. The van der Waals surface area contributed by atoms with Crippen molar-refractivity contribution in [3.05, 3.63) is 59.4 Å². The Balaban J connectivity index is 1.54. The first kappa shape index (κ1) is 22.3. The lowest BCUT2D eigenvalue weighted by Crippen LogP contribution is -2.59. The Hall–Kier alpha value is -2.95. The zero-order valence-corrected chi connectivity index (χ0v) is 17.2. The van der Waals surface area contributed by atoms with Crippen molar-refractivity contribution >= 4 is 16.8 Å². The van der Waals surface area contributed by atoms with E-state index in [4.69, 9.17) is 13.9 Å². The second-order valence-corrected chi connectivity index (χ2v) is 7.86. The standard InChI is InChI=1S/C23H24O9/c1-11-8-15(25)18(14(24)4-2-12-3-5-16-13(10-12)6-7-30-16)17(9-11)31-23-21(28)19(26)20(27)22(29)32-23/h3,5-10,19-23,25-29H,2,4H2,1H3/t19-,20-,21+,22-,23+/m0/s1. The Morgan fingerprint density at radius 3 is 2.59 bits per heavy atom. The molecule has 1 aromatic heterocycles. The topological polar surface area (TPSA) is 150 Å². The van der Waals surface area contributed by atoms with Gasteiger partial charge in [-0.25, -0.2) is 0 Å². The Morgan fingerprint density at radius 1 is 1.03 bits per heavy atom. The number of hydrogen-bond donors (Lipinski definition) is 5. The number of aryl methyl sites for hydroxylation is 2. The number of aliphatic hydroxyl groups is 4. The van der Waals surface area contributed by atoms with Crippen LogP contribution in [0.25, 0.3) is 11.0 Å². The lowest BCUT2D eigenvalue weighted by Gasteiger charge is -2.38. The molecule has 0 unspecified atom stereocenters. The molecule has 2 aromatic carbocycles. The molecule has 0 aliphatic carbocycles. The first-order chi connectivity index (χ1) is 15.2. The summed E-state index contributed by atoms with van der Waals surface area (Å²) in [6.07, 6.45) is -6.45. The van der Waals surface area contributed by atoms with Crippen LogP contribution in [0, 0.1) is 6.92 Å². The average molecular weight is 444 g/mol. The number of rotatable bonds is 6. The fraction of sp³-hybridized carbons (Fsp3) is 0.348. The number of carbonyl (C=O) groups is 1. The molecular weight excluding hydrogens is 420 g/mol. The van der Waals surface area contributed by atoms with Crippen molar-refractivity contribution in [1.29, 1.82) is 0 Å². The molecule has 32 heavy (non-hydrogen) atoms. The van der Waals surface area contributed by atoms with Crippen molar-refractivity contribution in [3.63, 3.8) is 0 Å². The average Bonchev–Trinajstić information content (AvgIpc) is 3.22. The second kappa shape index (κ2) is 8.89. The van der Waals surface area contributed by atoms with E-state index in [1.807, 2.05) is 24.3 Å². The quantitative estimate of drug-likeness (QED) is 0.356. The van der Waals surface area contributed by atoms with Gasteiger partial charge in [-0.15, -0.1) is 0 Å². The minimum absolute atomic E-state index is 0.0639. The predicted octanol–water partition coefficient (Wildman–Crippen LogP) is 1.40. The van der Waals surface area contributed by atoms with Crippen molar-refractivity contribution in [3.8, 4) is 11.5 Å². The molecule has 0 amide bonds. The fourth-order valence-corrected chi connectivity index (χ4v) is 3.72. The molecule has 0 spiro atoms. The monoisotopic (exact) mass is 444 g/mol. The highest BCUT2D eigenvalue weighted by atomic mass is 16.7. The molecule has 3 aromatic rings. The van der Waals surface area contributed by atoms with Crippen molar-refractivity contribution in [2.45, 2.75) is 50.7 Å². The molecular formula is C23H24O9. The molecule has 0 bridgehead atoms. The van der Waals surface area contributed by atoms with E-state index < -0.39 is 36.7 Å². The normalized spacial score (nSPS) is 25.7. The highest BCUT2D eigenvalue weighted by molar-refractivity contribution is 6.01. The third-order valence-corrected chi connectivity index (χ3v) is 5.45. The van der Waals surface area contributed by atoms with Gasteiger partial charge in [-0.1, -0.05) is 6.07 Å². The van der Waals surface area contributed by atoms with E-state index in [1.54, 1.807) is 13.2 Å². The van der Waals surface area contributed by atoms with Crippen molar-refractivity contribution < 1.29 is 44.2 Å². The van der Waals surface area contributed by atoms with Gasteiger partial charge in [-0.3, -0.25) is 4.79 Å². The molecule has 0 radical (unpaired) electrons. The van der Waals surface area contributed by atoms with E-state index in [9.17, 15) is 30.3 Å². The number of ketones is 1. The number of carbonyl (C=O) groups excluding carboxylic acids is 1. The molecule has 170 valence electrons. The predicted molar refractivity (Wildman–Crippen MR) is 111 cm³/mol. The summed E-state index contributed by atoms with van der Waals surface area (Å²) in [5.74, 6) is -0.782. The van der Waals surface area contributed by atoms with Gasteiger partial charge in [-0.05, 0) is 54.8 Å². The minimum atomic E-state index is -1.80.